The maximum atomic E-state index is 12.3. The molecular weight excluding hydrogens is 270 g/mol. The zero-order chi connectivity index (χ0) is 14.8. The Bertz CT molecular complexity index is 684. The molecule has 0 fully saturated rings. The topological polar surface area (TPSA) is 66.8 Å². The van der Waals surface area contributed by atoms with Crippen LogP contribution in [0, 0.1) is 0 Å². The van der Waals surface area contributed by atoms with Crippen LogP contribution in [-0.2, 0) is 11.2 Å². The molecule has 1 aliphatic heterocycles. The van der Waals surface area contributed by atoms with E-state index >= 15 is 0 Å². The van der Waals surface area contributed by atoms with E-state index in [1.54, 1.807) is 36.4 Å². The van der Waals surface area contributed by atoms with Gasteiger partial charge in [-0.3, -0.25) is 4.90 Å². The molecule has 106 valence electrons. The Morgan fingerprint density at radius 3 is 2.43 bits per heavy atom. The number of amides is 1. The first kappa shape index (κ1) is 13.2. The summed E-state index contributed by atoms with van der Waals surface area (Å²) in [5, 5.41) is 9.32. The summed E-state index contributed by atoms with van der Waals surface area (Å²) in [6.07, 6.45) is -0.395. The van der Waals surface area contributed by atoms with Gasteiger partial charge >= 0.3 is 12.1 Å². The minimum absolute atomic E-state index is 0.287. The fraction of sp³-hybridized carbons (Fsp3) is 0.125. The van der Waals surface area contributed by atoms with E-state index in [-0.39, 0.29) is 6.42 Å². The van der Waals surface area contributed by atoms with Crippen LogP contribution in [-0.4, -0.2) is 23.2 Å². The van der Waals surface area contributed by atoms with Gasteiger partial charge in [0.05, 0.1) is 5.69 Å². The summed E-state index contributed by atoms with van der Waals surface area (Å²) in [7, 11) is 0. The highest BCUT2D eigenvalue weighted by Crippen LogP contribution is 2.32. The number of carboxylic acid groups (broad SMARTS) is 1. The first-order valence-electron chi connectivity index (χ1n) is 6.53. The number of hydrogen-bond acceptors (Lipinski definition) is 3. The van der Waals surface area contributed by atoms with Crippen LogP contribution in [0.1, 0.15) is 5.56 Å². The third-order valence-corrected chi connectivity index (χ3v) is 3.41. The van der Waals surface area contributed by atoms with E-state index in [0.717, 1.165) is 5.56 Å². The van der Waals surface area contributed by atoms with Crippen molar-refractivity contribution in [1.29, 1.82) is 0 Å². The summed E-state index contributed by atoms with van der Waals surface area (Å²) in [5.41, 5.74) is 1.42. The van der Waals surface area contributed by atoms with E-state index in [1.165, 1.54) is 4.90 Å². The van der Waals surface area contributed by atoms with Gasteiger partial charge in [-0.25, -0.2) is 9.59 Å². The summed E-state index contributed by atoms with van der Waals surface area (Å²) in [6.45, 7) is 0. The first-order valence-corrected chi connectivity index (χ1v) is 6.53. The van der Waals surface area contributed by atoms with Gasteiger partial charge in [-0.15, -0.1) is 0 Å². The molecule has 3 rings (SSSR count). The SMILES string of the molecule is O=C(O)[C@@H]1Cc2ccccc2N1C(=O)Oc1ccccc1. The van der Waals surface area contributed by atoms with Gasteiger partial charge in [-0.2, -0.15) is 0 Å². The number of para-hydroxylation sites is 2. The Balaban J connectivity index is 1.91. The van der Waals surface area contributed by atoms with Crippen LogP contribution in [0.5, 0.6) is 5.75 Å². The number of rotatable bonds is 2. The zero-order valence-electron chi connectivity index (χ0n) is 11.1. The number of ether oxygens (including phenoxy) is 1. The Labute approximate surface area is 121 Å². The highest BCUT2D eigenvalue weighted by molar-refractivity contribution is 5.99. The van der Waals surface area contributed by atoms with Gasteiger partial charge in [0, 0.05) is 6.42 Å². The molecule has 0 saturated heterocycles. The average molecular weight is 283 g/mol. The lowest BCUT2D eigenvalue weighted by Crippen LogP contribution is -2.44. The van der Waals surface area contributed by atoms with Crippen LogP contribution in [0.4, 0.5) is 10.5 Å². The summed E-state index contributed by atoms with van der Waals surface area (Å²) in [4.78, 5) is 24.9. The van der Waals surface area contributed by atoms with Crippen molar-refractivity contribution in [3.8, 4) is 5.75 Å². The second-order valence-electron chi connectivity index (χ2n) is 4.74. The number of benzene rings is 2. The molecule has 0 unspecified atom stereocenters. The maximum absolute atomic E-state index is 12.3. The second kappa shape index (κ2) is 5.28. The van der Waals surface area contributed by atoms with Crippen molar-refractivity contribution in [1.82, 2.24) is 0 Å². The minimum atomic E-state index is -1.05. The predicted octanol–water partition coefficient (Wildman–Crippen LogP) is 2.70. The third kappa shape index (κ3) is 2.45. The molecule has 1 amide bonds. The van der Waals surface area contributed by atoms with E-state index in [4.69, 9.17) is 4.74 Å². The van der Waals surface area contributed by atoms with Gasteiger partial charge in [0.2, 0.25) is 0 Å². The molecule has 0 radical (unpaired) electrons. The van der Waals surface area contributed by atoms with Crippen molar-refractivity contribution in [3.63, 3.8) is 0 Å². The Morgan fingerprint density at radius 1 is 1.05 bits per heavy atom. The molecule has 0 bridgehead atoms. The number of carbonyl (C=O) groups excluding carboxylic acids is 1. The van der Waals surface area contributed by atoms with Gasteiger partial charge in [-0.05, 0) is 23.8 Å². The summed E-state index contributed by atoms with van der Waals surface area (Å²) in [6, 6.07) is 14.8. The van der Waals surface area contributed by atoms with Crippen LogP contribution in [0.3, 0.4) is 0 Å². The Kier molecular flexibility index (Phi) is 3.31. The second-order valence-corrected chi connectivity index (χ2v) is 4.74. The van der Waals surface area contributed by atoms with Crippen LogP contribution < -0.4 is 9.64 Å². The summed E-state index contributed by atoms with van der Waals surface area (Å²) in [5.74, 6) is -0.660. The number of fused-ring (bicyclic) bond motifs is 1. The van der Waals surface area contributed by atoms with Crippen molar-refractivity contribution < 1.29 is 19.4 Å². The number of anilines is 1. The van der Waals surface area contributed by atoms with Crippen molar-refractivity contribution >= 4 is 17.7 Å². The number of nitrogens with zero attached hydrogens (tertiary/aromatic N) is 1. The smallest absolute Gasteiger partial charge is 0.420 e. The molecule has 0 aromatic heterocycles. The molecule has 1 atom stereocenters. The predicted molar refractivity (Wildman–Crippen MR) is 76.5 cm³/mol. The van der Waals surface area contributed by atoms with Crippen LogP contribution in [0.25, 0.3) is 0 Å². The third-order valence-electron chi connectivity index (χ3n) is 3.41. The Hall–Kier alpha value is -2.82. The first-order chi connectivity index (χ1) is 10.2. The van der Waals surface area contributed by atoms with E-state index in [2.05, 4.69) is 0 Å². The van der Waals surface area contributed by atoms with Gasteiger partial charge in [0.25, 0.3) is 0 Å². The molecule has 21 heavy (non-hydrogen) atoms. The Morgan fingerprint density at radius 2 is 1.71 bits per heavy atom. The molecular formula is C16H13NO4. The lowest BCUT2D eigenvalue weighted by Gasteiger charge is -2.21. The maximum Gasteiger partial charge on any atom is 0.420 e. The number of carboxylic acids is 1. The lowest BCUT2D eigenvalue weighted by molar-refractivity contribution is -0.138. The van der Waals surface area contributed by atoms with E-state index in [1.807, 2.05) is 18.2 Å². The number of carbonyl (C=O) groups is 2. The van der Waals surface area contributed by atoms with E-state index in [0.29, 0.717) is 11.4 Å². The average Bonchev–Trinajstić information content (AvgIpc) is 2.88. The molecule has 1 N–H and O–H groups in total. The lowest BCUT2D eigenvalue weighted by atomic mass is 10.1. The minimum Gasteiger partial charge on any atom is -0.480 e. The molecule has 2 aromatic carbocycles. The molecule has 5 nitrogen and oxygen atoms in total. The molecule has 1 aliphatic rings. The van der Waals surface area contributed by atoms with Crippen molar-refractivity contribution in [2.75, 3.05) is 4.90 Å². The highest BCUT2D eigenvalue weighted by atomic mass is 16.6. The molecule has 1 heterocycles. The van der Waals surface area contributed by atoms with Gasteiger partial charge in [-0.1, -0.05) is 36.4 Å². The van der Waals surface area contributed by atoms with Crippen molar-refractivity contribution in [3.05, 3.63) is 60.2 Å². The molecule has 5 heteroatoms. The molecule has 0 saturated carbocycles. The zero-order valence-corrected chi connectivity index (χ0v) is 11.1. The summed E-state index contributed by atoms with van der Waals surface area (Å²) < 4.78 is 5.26. The highest BCUT2D eigenvalue weighted by Gasteiger charge is 2.39. The van der Waals surface area contributed by atoms with Crippen molar-refractivity contribution in [2.45, 2.75) is 12.5 Å². The number of aliphatic carboxylic acids is 1. The molecule has 0 spiro atoms. The normalized spacial score (nSPS) is 16.4. The van der Waals surface area contributed by atoms with E-state index < -0.39 is 18.1 Å². The molecule has 2 aromatic rings. The van der Waals surface area contributed by atoms with E-state index in [9.17, 15) is 14.7 Å². The fourth-order valence-electron chi connectivity index (χ4n) is 2.45. The van der Waals surface area contributed by atoms with Crippen LogP contribution in [0.15, 0.2) is 54.6 Å². The molecule has 0 aliphatic carbocycles. The van der Waals surface area contributed by atoms with Crippen LogP contribution >= 0.6 is 0 Å². The van der Waals surface area contributed by atoms with Gasteiger partial charge in [0.15, 0.2) is 0 Å². The van der Waals surface area contributed by atoms with Crippen LogP contribution in [0.2, 0.25) is 0 Å². The monoisotopic (exact) mass is 283 g/mol. The standard InChI is InChI=1S/C16H13NO4/c18-15(19)14-10-11-6-4-5-9-13(11)17(14)16(20)21-12-7-2-1-3-8-12/h1-9,14H,10H2,(H,18,19)/t14-/m0/s1. The fourth-order valence-corrected chi connectivity index (χ4v) is 2.45. The van der Waals surface area contributed by atoms with Gasteiger partial charge < -0.3 is 9.84 Å². The quantitative estimate of drug-likeness (QED) is 0.920. The van der Waals surface area contributed by atoms with Crippen molar-refractivity contribution in [2.24, 2.45) is 0 Å². The summed E-state index contributed by atoms with van der Waals surface area (Å²) >= 11 is 0. The number of hydrogen-bond donors (Lipinski definition) is 1. The van der Waals surface area contributed by atoms with Gasteiger partial charge in [0.1, 0.15) is 11.8 Å². The largest absolute Gasteiger partial charge is 0.480 e.